The molecular formula is C13H15F3OS. The molecular weight excluding hydrogens is 261 g/mol. The number of aliphatic hydroxyl groups excluding tert-OH is 1. The first-order valence-electron chi connectivity index (χ1n) is 5.51. The Morgan fingerprint density at radius 3 is 2.61 bits per heavy atom. The van der Waals surface area contributed by atoms with E-state index in [0.717, 1.165) is 23.3 Å². The molecule has 1 rings (SSSR count). The van der Waals surface area contributed by atoms with Crippen molar-refractivity contribution in [1.29, 1.82) is 0 Å². The molecule has 1 aromatic rings. The first kappa shape index (κ1) is 14.8. The molecule has 0 atom stereocenters. The minimum atomic E-state index is -4.51. The first-order valence-corrected chi connectivity index (χ1v) is 6.39. The van der Waals surface area contributed by atoms with Crippen molar-refractivity contribution in [1.82, 2.24) is 0 Å². The number of alkyl halides is 3. The third-order valence-electron chi connectivity index (χ3n) is 2.55. The molecule has 5 heteroatoms. The summed E-state index contributed by atoms with van der Waals surface area (Å²) in [5, 5.41) is 11.5. The quantitative estimate of drug-likeness (QED) is 0.604. The van der Waals surface area contributed by atoms with Crippen LogP contribution in [0.4, 0.5) is 13.2 Å². The van der Waals surface area contributed by atoms with E-state index in [1.807, 2.05) is 13.8 Å². The average Bonchev–Trinajstić information content (AvgIpc) is 2.60. The van der Waals surface area contributed by atoms with Gasteiger partial charge in [-0.2, -0.15) is 13.2 Å². The monoisotopic (exact) mass is 276 g/mol. The van der Waals surface area contributed by atoms with Crippen LogP contribution >= 0.6 is 11.3 Å². The molecule has 1 aromatic heterocycles. The lowest BCUT2D eigenvalue weighted by Gasteiger charge is -2.08. The van der Waals surface area contributed by atoms with Gasteiger partial charge >= 0.3 is 6.18 Å². The molecule has 0 saturated heterocycles. The van der Waals surface area contributed by atoms with Gasteiger partial charge < -0.3 is 5.11 Å². The Morgan fingerprint density at radius 1 is 1.50 bits per heavy atom. The minimum Gasteiger partial charge on any atom is -0.507 e. The largest absolute Gasteiger partial charge is 0.507 e. The van der Waals surface area contributed by atoms with Crippen molar-refractivity contribution in [3.63, 3.8) is 0 Å². The topological polar surface area (TPSA) is 20.2 Å². The summed E-state index contributed by atoms with van der Waals surface area (Å²) in [5.74, 6) is -0.370. The van der Waals surface area contributed by atoms with E-state index in [-0.39, 0.29) is 5.76 Å². The van der Waals surface area contributed by atoms with Gasteiger partial charge in [0.15, 0.2) is 0 Å². The molecule has 0 bridgehead atoms. The lowest BCUT2D eigenvalue weighted by atomic mass is 10.0. The van der Waals surface area contributed by atoms with Crippen LogP contribution in [0.3, 0.4) is 0 Å². The second-order valence-electron chi connectivity index (χ2n) is 3.99. The van der Waals surface area contributed by atoms with Gasteiger partial charge in [-0.25, -0.2) is 0 Å². The Morgan fingerprint density at radius 2 is 2.11 bits per heavy atom. The van der Waals surface area contributed by atoms with Crippen LogP contribution in [0, 0.1) is 6.92 Å². The van der Waals surface area contributed by atoms with E-state index in [0.29, 0.717) is 11.6 Å². The van der Waals surface area contributed by atoms with Crippen molar-refractivity contribution >= 4 is 17.1 Å². The lowest BCUT2D eigenvalue weighted by Crippen LogP contribution is -2.09. The van der Waals surface area contributed by atoms with Crippen LogP contribution in [-0.4, -0.2) is 11.3 Å². The van der Waals surface area contributed by atoms with E-state index in [1.165, 1.54) is 11.3 Å². The fourth-order valence-electron chi connectivity index (χ4n) is 1.58. The molecule has 0 aliphatic carbocycles. The van der Waals surface area contributed by atoms with Gasteiger partial charge in [-0.3, -0.25) is 0 Å². The van der Waals surface area contributed by atoms with Crippen molar-refractivity contribution in [2.45, 2.75) is 32.9 Å². The molecule has 0 fully saturated rings. The van der Waals surface area contributed by atoms with Crippen molar-refractivity contribution in [2.24, 2.45) is 0 Å². The van der Waals surface area contributed by atoms with E-state index in [1.54, 1.807) is 5.38 Å². The molecule has 1 heterocycles. The van der Waals surface area contributed by atoms with E-state index in [4.69, 9.17) is 0 Å². The summed E-state index contributed by atoms with van der Waals surface area (Å²) >= 11 is 1.42. The van der Waals surface area contributed by atoms with Gasteiger partial charge in [-0.1, -0.05) is 19.9 Å². The predicted octanol–water partition coefficient (Wildman–Crippen LogP) is 5.03. The van der Waals surface area contributed by atoms with Gasteiger partial charge in [-0.15, -0.1) is 11.3 Å². The minimum absolute atomic E-state index is 0.370. The number of aryl methyl sites for hydroxylation is 1. The van der Waals surface area contributed by atoms with Gasteiger partial charge in [0.25, 0.3) is 0 Å². The number of allylic oxidation sites excluding steroid dienone is 2. The van der Waals surface area contributed by atoms with Crippen molar-refractivity contribution in [3.8, 4) is 0 Å². The summed E-state index contributed by atoms with van der Waals surface area (Å²) < 4.78 is 37.0. The van der Waals surface area contributed by atoms with Gasteiger partial charge in [0, 0.05) is 15.8 Å². The maximum atomic E-state index is 12.3. The molecule has 0 unspecified atom stereocenters. The maximum absolute atomic E-state index is 12.3. The molecule has 100 valence electrons. The van der Waals surface area contributed by atoms with Gasteiger partial charge in [0.05, 0.1) is 5.57 Å². The van der Waals surface area contributed by atoms with Gasteiger partial charge in [0.1, 0.15) is 5.76 Å². The highest BCUT2D eigenvalue weighted by Crippen LogP contribution is 2.31. The zero-order valence-corrected chi connectivity index (χ0v) is 11.1. The number of hydrogen-bond donors (Lipinski definition) is 1. The number of hydrogen-bond acceptors (Lipinski definition) is 2. The van der Waals surface area contributed by atoms with Crippen molar-refractivity contribution < 1.29 is 18.3 Å². The highest BCUT2D eigenvalue weighted by molar-refractivity contribution is 7.10. The third-order valence-corrected chi connectivity index (χ3v) is 3.51. The summed E-state index contributed by atoms with van der Waals surface area (Å²) in [5.41, 5.74) is 0.335. The Kier molecular flexibility index (Phi) is 4.62. The molecule has 0 aromatic carbocycles. The third kappa shape index (κ3) is 3.38. The normalized spacial score (nSPS) is 12.8. The fourth-order valence-corrected chi connectivity index (χ4v) is 2.49. The zero-order valence-electron chi connectivity index (χ0n) is 10.3. The van der Waals surface area contributed by atoms with E-state index >= 15 is 0 Å². The molecule has 0 spiro atoms. The summed E-state index contributed by atoms with van der Waals surface area (Å²) in [6.45, 7) is 6.79. The predicted molar refractivity (Wildman–Crippen MR) is 68.9 cm³/mol. The van der Waals surface area contributed by atoms with Gasteiger partial charge in [0.2, 0.25) is 0 Å². The number of rotatable bonds is 4. The fraction of sp³-hybridized carbons (Fsp3) is 0.385. The summed E-state index contributed by atoms with van der Waals surface area (Å²) in [7, 11) is 0. The highest BCUT2D eigenvalue weighted by atomic mass is 32.1. The summed E-state index contributed by atoms with van der Waals surface area (Å²) in [6.07, 6.45) is -2.22. The van der Waals surface area contributed by atoms with E-state index in [2.05, 4.69) is 6.58 Å². The Labute approximate surface area is 108 Å². The van der Waals surface area contributed by atoms with E-state index in [9.17, 15) is 18.3 Å². The standard InChI is InChI=1S/C13H15F3OS/c1-4-5-10-9(3)18-7-11(10)12(17)6-8(2)13(14,15)16/h6-7,17H,2,4-5H2,1,3H3/b12-6+. The molecule has 18 heavy (non-hydrogen) atoms. The van der Waals surface area contributed by atoms with Crippen LogP contribution in [0.15, 0.2) is 23.6 Å². The van der Waals surface area contributed by atoms with Crippen LogP contribution in [0.25, 0.3) is 5.76 Å². The van der Waals surface area contributed by atoms with Gasteiger partial charge in [-0.05, 0) is 25.0 Å². The summed E-state index contributed by atoms with van der Waals surface area (Å²) in [6, 6.07) is 0. The first-order chi connectivity index (χ1) is 8.27. The molecule has 1 N–H and O–H groups in total. The smallest absolute Gasteiger partial charge is 0.415 e. The highest BCUT2D eigenvalue weighted by Gasteiger charge is 2.31. The number of aliphatic hydroxyl groups is 1. The number of thiophene rings is 1. The lowest BCUT2D eigenvalue weighted by molar-refractivity contribution is -0.0878. The number of halogens is 3. The zero-order chi connectivity index (χ0) is 13.9. The van der Waals surface area contributed by atoms with Crippen LogP contribution in [-0.2, 0) is 6.42 Å². The average molecular weight is 276 g/mol. The van der Waals surface area contributed by atoms with E-state index < -0.39 is 11.7 Å². The van der Waals surface area contributed by atoms with Crippen LogP contribution < -0.4 is 0 Å². The SMILES string of the molecule is C=C(/C=C(/O)c1csc(C)c1CCC)C(F)(F)F. The van der Waals surface area contributed by atoms with Crippen LogP contribution in [0.2, 0.25) is 0 Å². The molecule has 0 aliphatic rings. The molecule has 1 nitrogen and oxygen atoms in total. The van der Waals surface area contributed by atoms with Crippen LogP contribution in [0.5, 0.6) is 0 Å². The maximum Gasteiger partial charge on any atom is 0.415 e. The molecule has 0 amide bonds. The van der Waals surface area contributed by atoms with Crippen molar-refractivity contribution in [2.75, 3.05) is 0 Å². The molecule has 0 radical (unpaired) electrons. The summed E-state index contributed by atoms with van der Waals surface area (Å²) in [4.78, 5) is 1.02. The van der Waals surface area contributed by atoms with Crippen molar-refractivity contribution in [3.05, 3.63) is 39.6 Å². The van der Waals surface area contributed by atoms with Crippen LogP contribution in [0.1, 0.15) is 29.3 Å². The molecule has 0 aliphatic heterocycles. The Balaban J connectivity index is 3.07. The Hall–Kier alpha value is -1.23. The second kappa shape index (κ2) is 5.61. The molecule has 0 saturated carbocycles. The second-order valence-corrected chi connectivity index (χ2v) is 5.07. The Bertz CT molecular complexity index is 469.